The molecule has 0 spiro atoms. The SMILES string of the molecule is COC(=O)c1ccccc1.O=C(O)c1ccccc1O. The lowest BCUT2D eigenvalue weighted by atomic mass is 10.2. The van der Waals surface area contributed by atoms with Gasteiger partial charge in [-0.25, -0.2) is 9.59 Å². The number of phenols is 1. The van der Waals surface area contributed by atoms with Gasteiger partial charge in [0.15, 0.2) is 0 Å². The normalized spacial score (nSPS) is 9.05. The number of rotatable bonds is 2. The molecule has 2 N–H and O–H groups in total. The van der Waals surface area contributed by atoms with E-state index in [-0.39, 0.29) is 17.3 Å². The Morgan fingerprint density at radius 1 is 0.950 bits per heavy atom. The second-order valence-corrected chi connectivity index (χ2v) is 3.68. The van der Waals surface area contributed by atoms with Crippen LogP contribution in [0.5, 0.6) is 5.75 Å². The van der Waals surface area contributed by atoms with Crippen molar-refractivity contribution in [2.45, 2.75) is 0 Å². The van der Waals surface area contributed by atoms with E-state index < -0.39 is 5.97 Å². The van der Waals surface area contributed by atoms with Crippen molar-refractivity contribution in [1.82, 2.24) is 0 Å². The van der Waals surface area contributed by atoms with Crippen LogP contribution in [-0.2, 0) is 4.74 Å². The maximum Gasteiger partial charge on any atom is 0.339 e. The number of aromatic carboxylic acids is 1. The van der Waals surface area contributed by atoms with Crippen LogP contribution in [0.4, 0.5) is 0 Å². The molecule has 0 bridgehead atoms. The van der Waals surface area contributed by atoms with Gasteiger partial charge in [-0.3, -0.25) is 0 Å². The van der Waals surface area contributed by atoms with Gasteiger partial charge in [0.1, 0.15) is 11.3 Å². The highest BCUT2D eigenvalue weighted by molar-refractivity contribution is 5.90. The summed E-state index contributed by atoms with van der Waals surface area (Å²) in [6.45, 7) is 0. The number of methoxy groups -OCH3 is 1. The maximum atomic E-state index is 10.8. The number of carboxylic acid groups (broad SMARTS) is 1. The van der Waals surface area contributed by atoms with Crippen molar-refractivity contribution in [3.05, 3.63) is 65.7 Å². The molecule has 5 nitrogen and oxygen atoms in total. The Balaban J connectivity index is 0.000000200. The lowest BCUT2D eigenvalue weighted by Crippen LogP contribution is -1.99. The number of carbonyl (C=O) groups is 2. The third kappa shape index (κ3) is 4.45. The zero-order chi connectivity index (χ0) is 15.0. The van der Waals surface area contributed by atoms with E-state index in [1.54, 1.807) is 36.4 Å². The minimum Gasteiger partial charge on any atom is -0.507 e. The molecule has 0 fully saturated rings. The van der Waals surface area contributed by atoms with Crippen molar-refractivity contribution in [3.8, 4) is 5.75 Å². The van der Waals surface area contributed by atoms with E-state index >= 15 is 0 Å². The topological polar surface area (TPSA) is 83.8 Å². The van der Waals surface area contributed by atoms with E-state index in [2.05, 4.69) is 4.74 Å². The number of esters is 1. The summed E-state index contributed by atoms with van der Waals surface area (Å²) in [6, 6.07) is 14.7. The summed E-state index contributed by atoms with van der Waals surface area (Å²) in [4.78, 5) is 21.1. The molecule has 5 heteroatoms. The van der Waals surface area contributed by atoms with Crippen LogP contribution >= 0.6 is 0 Å². The van der Waals surface area contributed by atoms with Crippen LogP contribution in [0.1, 0.15) is 20.7 Å². The van der Waals surface area contributed by atoms with E-state index in [0.29, 0.717) is 5.56 Å². The molecule has 0 saturated heterocycles. The molecule has 0 aliphatic carbocycles. The number of aromatic hydroxyl groups is 1. The standard InChI is InChI=1S/C8H8O2.C7H6O3/c1-10-8(9)7-5-3-2-4-6-7;8-6-4-2-1-3-5(6)7(9)10/h2-6H,1H3;1-4,8H,(H,9,10). The van der Waals surface area contributed by atoms with Gasteiger partial charge < -0.3 is 14.9 Å². The minimum absolute atomic E-state index is 0.0671. The molecule has 0 radical (unpaired) electrons. The van der Waals surface area contributed by atoms with Gasteiger partial charge in [-0.05, 0) is 24.3 Å². The molecule has 2 rings (SSSR count). The number of para-hydroxylation sites is 1. The molecule has 0 aromatic heterocycles. The lowest BCUT2D eigenvalue weighted by molar-refractivity contribution is 0.0599. The first-order valence-electron chi connectivity index (χ1n) is 5.71. The molecule has 0 aliphatic rings. The summed E-state index contributed by atoms with van der Waals surface area (Å²) in [6.07, 6.45) is 0. The predicted molar refractivity (Wildman–Crippen MR) is 72.8 cm³/mol. The summed E-state index contributed by atoms with van der Waals surface area (Å²) < 4.78 is 4.50. The lowest BCUT2D eigenvalue weighted by Gasteiger charge is -1.95. The highest BCUT2D eigenvalue weighted by Gasteiger charge is 2.05. The van der Waals surface area contributed by atoms with Gasteiger partial charge in [0.05, 0.1) is 12.7 Å². The van der Waals surface area contributed by atoms with Crippen LogP contribution in [0.25, 0.3) is 0 Å². The van der Waals surface area contributed by atoms with Gasteiger partial charge >= 0.3 is 11.9 Å². The number of benzene rings is 2. The average molecular weight is 274 g/mol. The maximum absolute atomic E-state index is 10.8. The van der Waals surface area contributed by atoms with Gasteiger partial charge in [-0.2, -0.15) is 0 Å². The zero-order valence-corrected chi connectivity index (χ0v) is 10.8. The van der Waals surface area contributed by atoms with E-state index in [1.165, 1.54) is 19.2 Å². The van der Waals surface area contributed by atoms with Crippen molar-refractivity contribution in [2.75, 3.05) is 7.11 Å². The zero-order valence-electron chi connectivity index (χ0n) is 10.8. The third-order valence-electron chi connectivity index (χ3n) is 2.33. The Morgan fingerprint density at radius 3 is 1.95 bits per heavy atom. The largest absolute Gasteiger partial charge is 0.507 e. The molecule has 0 heterocycles. The number of hydrogen-bond donors (Lipinski definition) is 2. The summed E-state index contributed by atoms with van der Waals surface area (Å²) in [5.74, 6) is -1.60. The third-order valence-corrected chi connectivity index (χ3v) is 2.33. The Hall–Kier alpha value is -2.82. The highest BCUT2D eigenvalue weighted by atomic mass is 16.5. The first kappa shape index (κ1) is 15.2. The van der Waals surface area contributed by atoms with Crippen LogP contribution in [0.3, 0.4) is 0 Å². The quantitative estimate of drug-likeness (QED) is 0.822. The Morgan fingerprint density at radius 2 is 1.50 bits per heavy atom. The predicted octanol–water partition coefficient (Wildman–Crippen LogP) is 2.56. The minimum atomic E-state index is -1.11. The Kier molecular flexibility index (Phi) is 5.77. The van der Waals surface area contributed by atoms with E-state index in [0.717, 1.165) is 0 Å². The monoisotopic (exact) mass is 274 g/mol. The van der Waals surface area contributed by atoms with Crippen LogP contribution in [-0.4, -0.2) is 29.3 Å². The van der Waals surface area contributed by atoms with Crippen molar-refractivity contribution < 1.29 is 24.5 Å². The van der Waals surface area contributed by atoms with Crippen LogP contribution in [0.2, 0.25) is 0 Å². The molecule has 2 aromatic rings. The van der Waals surface area contributed by atoms with Crippen molar-refractivity contribution in [2.24, 2.45) is 0 Å². The van der Waals surface area contributed by atoms with Gasteiger partial charge in [-0.15, -0.1) is 0 Å². The van der Waals surface area contributed by atoms with Gasteiger partial charge in [0.25, 0.3) is 0 Å². The number of hydrogen-bond acceptors (Lipinski definition) is 4. The summed E-state index contributed by atoms with van der Waals surface area (Å²) >= 11 is 0. The van der Waals surface area contributed by atoms with Crippen molar-refractivity contribution >= 4 is 11.9 Å². The van der Waals surface area contributed by atoms with Crippen LogP contribution < -0.4 is 0 Å². The molecule has 0 saturated carbocycles. The fraction of sp³-hybridized carbons (Fsp3) is 0.0667. The first-order valence-corrected chi connectivity index (χ1v) is 5.71. The van der Waals surface area contributed by atoms with Crippen molar-refractivity contribution in [1.29, 1.82) is 0 Å². The second kappa shape index (κ2) is 7.58. The fourth-order valence-electron chi connectivity index (χ4n) is 1.35. The summed E-state index contributed by atoms with van der Waals surface area (Å²) in [7, 11) is 1.37. The smallest absolute Gasteiger partial charge is 0.339 e. The molecular formula is C15H14O5. The van der Waals surface area contributed by atoms with E-state index in [1.807, 2.05) is 6.07 Å². The molecule has 0 atom stereocenters. The second-order valence-electron chi connectivity index (χ2n) is 3.68. The summed E-state index contributed by atoms with van der Waals surface area (Å²) in [5, 5.41) is 17.3. The molecule has 2 aromatic carbocycles. The highest BCUT2D eigenvalue weighted by Crippen LogP contribution is 2.14. The summed E-state index contributed by atoms with van der Waals surface area (Å²) in [5.41, 5.74) is 0.521. The molecule has 20 heavy (non-hydrogen) atoms. The average Bonchev–Trinajstić information content (AvgIpc) is 2.48. The van der Waals surface area contributed by atoms with E-state index in [4.69, 9.17) is 10.2 Å². The first-order chi connectivity index (χ1) is 9.56. The van der Waals surface area contributed by atoms with Gasteiger partial charge in [0.2, 0.25) is 0 Å². The van der Waals surface area contributed by atoms with Crippen LogP contribution in [0.15, 0.2) is 54.6 Å². The fourth-order valence-corrected chi connectivity index (χ4v) is 1.35. The Labute approximate surface area is 116 Å². The Bertz CT molecular complexity index is 578. The number of carboxylic acids is 1. The molecule has 0 unspecified atom stereocenters. The van der Waals surface area contributed by atoms with Gasteiger partial charge in [-0.1, -0.05) is 30.3 Å². The number of ether oxygens (including phenoxy) is 1. The van der Waals surface area contributed by atoms with Crippen LogP contribution in [0, 0.1) is 0 Å². The van der Waals surface area contributed by atoms with E-state index in [9.17, 15) is 9.59 Å². The molecule has 0 aliphatic heterocycles. The molecular weight excluding hydrogens is 260 g/mol. The molecule has 0 amide bonds. The van der Waals surface area contributed by atoms with Gasteiger partial charge in [0, 0.05) is 0 Å². The van der Waals surface area contributed by atoms with Crippen molar-refractivity contribution in [3.63, 3.8) is 0 Å². The molecule has 104 valence electrons. The number of carbonyl (C=O) groups excluding carboxylic acids is 1.